The molecule has 11 heteroatoms. The smallest absolute Gasteiger partial charge is 0.315 e. The van der Waals surface area contributed by atoms with E-state index >= 15 is 0 Å². The normalized spacial score (nSPS) is 22.7. The lowest BCUT2D eigenvalue weighted by molar-refractivity contribution is -0.143. The predicted molar refractivity (Wildman–Crippen MR) is 205 cm³/mol. The summed E-state index contributed by atoms with van der Waals surface area (Å²) in [6.07, 6.45) is 17.2. The van der Waals surface area contributed by atoms with Crippen LogP contribution in [0.5, 0.6) is 0 Å². The number of Topliss-reactive ketones (excluding diaryl/α,β-unsaturated/α-hetero) is 1. The highest BCUT2D eigenvalue weighted by Gasteiger charge is 2.46. The number of primary amides is 1. The summed E-state index contributed by atoms with van der Waals surface area (Å²) in [4.78, 5) is 69.3. The maximum atomic E-state index is 14.8. The van der Waals surface area contributed by atoms with Crippen molar-refractivity contribution in [2.24, 2.45) is 23.5 Å². The molecule has 298 valence electrons. The van der Waals surface area contributed by atoms with Gasteiger partial charge in [0.1, 0.15) is 12.1 Å². The molecule has 2 saturated carbocycles. The predicted octanol–water partition coefficient (Wildman–Crippen LogP) is 6.69. The van der Waals surface area contributed by atoms with Gasteiger partial charge < -0.3 is 31.3 Å². The number of nitrogens with zero attached hydrogens (tertiary/aromatic N) is 1. The maximum absolute atomic E-state index is 14.8. The Morgan fingerprint density at radius 2 is 1.54 bits per heavy atom. The van der Waals surface area contributed by atoms with Crippen LogP contribution < -0.4 is 21.7 Å². The third-order valence-corrected chi connectivity index (χ3v) is 11.5. The first-order valence-corrected chi connectivity index (χ1v) is 20.7. The van der Waals surface area contributed by atoms with Crippen molar-refractivity contribution < 1.29 is 28.7 Å². The number of hydrogen-bond acceptors (Lipinski definition) is 6. The molecule has 1 aliphatic heterocycles. The largest absolute Gasteiger partial charge is 0.371 e. The van der Waals surface area contributed by atoms with Gasteiger partial charge in [-0.15, -0.1) is 0 Å². The molecular formula is C41H73N5O6. The van der Waals surface area contributed by atoms with Crippen molar-refractivity contribution >= 4 is 29.5 Å². The molecule has 5 atom stereocenters. The zero-order valence-corrected chi connectivity index (χ0v) is 33.7. The van der Waals surface area contributed by atoms with Crippen LogP contribution in [-0.2, 0) is 23.9 Å². The second-order valence-corrected chi connectivity index (χ2v) is 17.8. The van der Waals surface area contributed by atoms with Crippen LogP contribution in [0.15, 0.2) is 0 Å². The molecule has 0 radical (unpaired) electrons. The molecule has 0 spiro atoms. The average Bonchev–Trinajstić information content (AvgIpc) is 3.49. The Labute approximate surface area is 314 Å². The highest BCUT2D eigenvalue weighted by atomic mass is 16.5. The fraction of sp³-hybridized carbons (Fsp3) is 0.878. The molecule has 3 aliphatic rings. The standard InChI is InChI=1S/C41H73N5O6/c1-8-18-29(4)25-32(35(47)36(42)48)43-37(49)33-26-31(52-40(5,6)7)27-46(33)38(50)34(30-20-13-9-14-21-30)44-39(51)45-41(23-16-11-17-24-41)22-15-10-12-19-28(2)3/h28-34H,8-27H2,1-7H3,(H2,42,48)(H,43,49)(H2,44,45,51)/t29-,31?,32?,33+,34+/m1/s1. The van der Waals surface area contributed by atoms with Crippen LogP contribution in [0.3, 0.4) is 0 Å². The molecule has 0 aromatic carbocycles. The number of ether oxygens (including phenoxy) is 1. The number of hydrogen-bond donors (Lipinski definition) is 4. The van der Waals surface area contributed by atoms with Crippen molar-refractivity contribution in [3.8, 4) is 0 Å². The van der Waals surface area contributed by atoms with Gasteiger partial charge in [-0.05, 0) is 77.0 Å². The number of ketones is 1. The molecule has 5 amide bonds. The van der Waals surface area contributed by atoms with E-state index in [0.29, 0.717) is 5.92 Å². The molecule has 5 N–H and O–H groups in total. The van der Waals surface area contributed by atoms with Gasteiger partial charge in [-0.2, -0.15) is 0 Å². The first kappa shape index (κ1) is 43.7. The minimum Gasteiger partial charge on any atom is -0.371 e. The van der Waals surface area contributed by atoms with Crippen molar-refractivity contribution in [1.29, 1.82) is 0 Å². The van der Waals surface area contributed by atoms with Gasteiger partial charge >= 0.3 is 6.03 Å². The van der Waals surface area contributed by atoms with Gasteiger partial charge in [0.25, 0.3) is 5.91 Å². The molecular weight excluding hydrogens is 658 g/mol. The molecule has 3 rings (SSSR count). The average molecular weight is 732 g/mol. The number of unbranched alkanes of at least 4 members (excludes halogenated alkanes) is 2. The third-order valence-electron chi connectivity index (χ3n) is 11.5. The lowest BCUT2D eigenvalue weighted by Crippen LogP contribution is -2.61. The molecule has 0 aromatic heterocycles. The van der Waals surface area contributed by atoms with Gasteiger partial charge in [0.05, 0.1) is 17.7 Å². The summed E-state index contributed by atoms with van der Waals surface area (Å²) in [5.41, 5.74) is 4.61. The van der Waals surface area contributed by atoms with E-state index in [4.69, 9.17) is 10.5 Å². The van der Waals surface area contributed by atoms with E-state index < -0.39 is 47.4 Å². The molecule has 0 aromatic rings. The highest BCUT2D eigenvalue weighted by molar-refractivity contribution is 6.37. The summed E-state index contributed by atoms with van der Waals surface area (Å²) in [6, 6.07) is -3.13. The molecule has 3 fully saturated rings. The summed E-state index contributed by atoms with van der Waals surface area (Å²) < 4.78 is 6.32. The Bertz CT molecular complexity index is 1170. The van der Waals surface area contributed by atoms with Gasteiger partial charge in [0, 0.05) is 18.5 Å². The Kier molecular flexibility index (Phi) is 17.4. The SMILES string of the molecule is CCC[C@@H](C)CC(NC(=O)[C@@H]1CC(OC(C)(C)C)CN1C(=O)[C@@H](NC(=O)NC1(CCCCCC(C)C)CCCCC1)C1CCCCC1)C(=O)C(N)=O. The highest BCUT2D eigenvalue weighted by Crippen LogP contribution is 2.34. The van der Waals surface area contributed by atoms with Crippen LogP contribution in [-0.4, -0.2) is 76.4 Å². The summed E-state index contributed by atoms with van der Waals surface area (Å²) >= 11 is 0. The fourth-order valence-corrected chi connectivity index (χ4v) is 8.86. The zero-order chi connectivity index (χ0) is 38.5. The topological polar surface area (TPSA) is 160 Å². The van der Waals surface area contributed by atoms with Gasteiger partial charge in [-0.25, -0.2) is 4.79 Å². The Balaban J connectivity index is 1.85. The summed E-state index contributed by atoms with van der Waals surface area (Å²) in [6.45, 7) is 14.5. The number of rotatable bonds is 19. The van der Waals surface area contributed by atoms with Crippen LogP contribution in [0.25, 0.3) is 0 Å². The number of carbonyl (C=O) groups is 5. The van der Waals surface area contributed by atoms with Crippen LogP contribution in [0.2, 0.25) is 0 Å². The van der Waals surface area contributed by atoms with Gasteiger partial charge in [-0.1, -0.05) is 105 Å². The second-order valence-electron chi connectivity index (χ2n) is 17.8. The Hall–Kier alpha value is -2.69. The third kappa shape index (κ3) is 13.9. The van der Waals surface area contributed by atoms with E-state index in [9.17, 15) is 24.0 Å². The van der Waals surface area contributed by atoms with Gasteiger partial charge in [-0.3, -0.25) is 19.2 Å². The van der Waals surface area contributed by atoms with E-state index in [1.807, 2.05) is 34.6 Å². The number of amides is 5. The molecule has 2 aliphatic carbocycles. The lowest BCUT2D eigenvalue weighted by Gasteiger charge is -2.40. The number of nitrogens with one attached hydrogen (secondary N) is 3. The minimum absolute atomic E-state index is 0.0595. The summed E-state index contributed by atoms with van der Waals surface area (Å²) in [5, 5.41) is 9.36. The van der Waals surface area contributed by atoms with E-state index in [-0.39, 0.29) is 48.7 Å². The van der Waals surface area contributed by atoms with E-state index in [1.165, 1.54) is 19.3 Å². The first-order valence-electron chi connectivity index (χ1n) is 20.7. The van der Waals surface area contributed by atoms with Crippen LogP contribution in [0.4, 0.5) is 4.79 Å². The van der Waals surface area contributed by atoms with Crippen LogP contribution >= 0.6 is 0 Å². The van der Waals surface area contributed by atoms with E-state index in [1.54, 1.807) is 4.90 Å². The monoisotopic (exact) mass is 732 g/mol. The molecule has 1 heterocycles. The van der Waals surface area contributed by atoms with Gasteiger partial charge in [0.2, 0.25) is 17.6 Å². The van der Waals surface area contributed by atoms with Crippen molar-refractivity contribution in [2.75, 3.05) is 6.54 Å². The number of carbonyl (C=O) groups excluding carboxylic acids is 5. The summed E-state index contributed by atoms with van der Waals surface area (Å²) in [7, 11) is 0. The molecule has 11 nitrogen and oxygen atoms in total. The number of nitrogens with two attached hydrogens (primary N) is 1. The van der Waals surface area contributed by atoms with Gasteiger partial charge in [0.15, 0.2) is 0 Å². The van der Waals surface area contributed by atoms with Crippen molar-refractivity contribution in [1.82, 2.24) is 20.9 Å². The minimum atomic E-state index is -1.10. The Morgan fingerprint density at radius 3 is 2.13 bits per heavy atom. The quantitative estimate of drug-likeness (QED) is 0.0856. The van der Waals surface area contributed by atoms with Crippen molar-refractivity contribution in [3.63, 3.8) is 0 Å². The lowest BCUT2D eigenvalue weighted by atomic mass is 9.78. The summed E-state index contributed by atoms with van der Waals surface area (Å²) in [5.74, 6) is -2.05. The first-order chi connectivity index (χ1) is 24.5. The van der Waals surface area contributed by atoms with E-state index in [2.05, 4.69) is 29.8 Å². The molecule has 2 unspecified atom stereocenters. The molecule has 0 bridgehead atoms. The number of urea groups is 1. The Morgan fingerprint density at radius 1 is 0.885 bits per heavy atom. The zero-order valence-electron chi connectivity index (χ0n) is 33.7. The molecule has 52 heavy (non-hydrogen) atoms. The maximum Gasteiger partial charge on any atom is 0.315 e. The van der Waals surface area contributed by atoms with Crippen LogP contribution in [0, 0.1) is 17.8 Å². The number of likely N-dealkylation sites (tertiary alicyclic amines) is 1. The van der Waals surface area contributed by atoms with Crippen LogP contribution in [0.1, 0.15) is 170 Å². The molecule has 1 saturated heterocycles. The fourth-order valence-electron chi connectivity index (χ4n) is 8.86. The van der Waals surface area contributed by atoms with Crippen molar-refractivity contribution in [3.05, 3.63) is 0 Å². The second kappa shape index (κ2) is 20.7. The van der Waals surface area contributed by atoms with E-state index in [0.717, 1.165) is 89.9 Å². The van der Waals surface area contributed by atoms with Crippen molar-refractivity contribution in [2.45, 2.75) is 206 Å².